The number of benzene rings is 1. The first kappa shape index (κ1) is 12.2. The molecule has 2 nitrogen and oxygen atoms in total. The monoisotopic (exact) mass is 268 g/mol. The number of aromatic nitrogens is 1. The Labute approximate surface area is 108 Å². The lowest BCUT2D eigenvalue weighted by Crippen LogP contribution is -1.88. The van der Waals surface area contributed by atoms with E-state index in [0.717, 1.165) is 10.6 Å². The van der Waals surface area contributed by atoms with E-state index in [1.807, 2.05) is 6.07 Å². The first-order chi connectivity index (χ1) is 8.15. The van der Waals surface area contributed by atoms with Gasteiger partial charge in [-0.25, -0.2) is 9.37 Å². The van der Waals surface area contributed by atoms with Crippen LogP contribution in [0, 0.1) is 5.82 Å². The zero-order chi connectivity index (χ0) is 12.3. The summed E-state index contributed by atoms with van der Waals surface area (Å²) in [5.74, 6) is 0.324. The van der Waals surface area contributed by atoms with Crippen LogP contribution in [0.3, 0.4) is 0 Å². The zero-order valence-corrected chi connectivity index (χ0v) is 10.4. The summed E-state index contributed by atoms with van der Waals surface area (Å²) in [7, 11) is 0. The third-order valence-electron chi connectivity index (χ3n) is 2.15. The fourth-order valence-corrected chi connectivity index (χ4v) is 2.43. The van der Waals surface area contributed by atoms with Crippen LogP contribution in [0.1, 0.15) is 5.56 Å². The minimum atomic E-state index is -0.325. The molecule has 0 amide bonds. The Bertz CT molecular complexity index is 516. The Morgan fingerprint density at radius 2 is 2.12 bits per heavy atom. The molecule has 0 atom stereocenters. The van der Waals surface area contributed by atoms with Gasteiger partial charge in [0.15, 0.2) is 0 Å². The van der Waals surface area contributed by atoms with Crippen LogP contribution in [0.15, 0.2) is 41.6 Å². The van der Waals surface area contributed by atoms with Crippen molar-refractivity contribution in [1.29, 1.82) is 0 Å². The van der Waals surface area contributed by atoms with Crippen molar-refractivity contribution in [3.63, 3.8) is 0 Å². The van der Waals surface area contributed by atoms with Crippen molar-refractivity contribution in [3.8, 4) is 0 Å². The molecule has 2 rings (SSSR count). The molecule has 0 aliphatic heterocycles. The van der Waals surface area contributed by atoms with Crippen molar-refractivity contribution in [2.45, 2.75) is 10.8 Å². The van der Waals surface area contributed by atoms with Crippen molar-refractivity contribution in [2.24, 2.45) is 0 Å². The molecule has 0 aliphatic carbocycles. The van der Waals surface area contributed by atoms with Crippen LogP contribution >= 0.6 is 23.4 Å². The number of halogens is 2. The van der Waals surface area contributed by atoms with E-state index in [4.69, 9.17) is 17.3 Å². The minimum Gasteiger partial charge on any atom is -0.397 e. The second kappa shape index (κ2) is 5.38. The molecule has 0 bridgehead atoms. The van der Waals surface area contributed by atoms with Gasteiger partial charge in [-0.3, -0.25) is 0 Å². The second-order valence-electron chi connectivity index (χ2n) is 3.45. The maximum atomic E-state index is 12.8. The zero-order valence-electron chi connectivity index (χ0n) is 8.86. The van der Waals surface area contributed by atoms with E-state index in [0.29, 0.717) is 16.5 Å². The first-order valence-electron chi connectivity index (χ1n) is 4.93. The first-order valence-corrected chi connectivity index (χ1v) is 6.30. The van der Waals surface area contributed by atoms with Gasteiger partial charge in [0, 0.05) is 10.8 Å². The summed E-state index contributed by atoms with van der Waals surface area (Å²) in [6.07, 6.45) is 1.61. The highest BCUT2D eigenvalue weighted by molar-refractivity contribution is 7.98. The number of nitrogen functional groups attached to an aromatic ring is 1. The lowest BCUT2D eigenvalue weighted by molar-refractivity contribution is 0.627. The van der Waals surface area contributed by atoms with Crippen molar-refractivity contribution in [1.82, 2.24) is 4.98 Å². The van der Waals surface area contributed by atoms with Crippen molar-refractivity contribution < 1.29 is 4.39 Å². The van der Waals surface area contributed by atoms with E-state index in [1.165, 1.54) is 23.9 Å². The van der Waals surface area contributed by atoms with Gasteiger partial charge in [-0.15, -0.1) is 11.8 Å². The summed E-state index contributed by atoms with van der Waals surface area (Å²) in [6.45, 7) is 0. The molecule has 0 fully saturated rings. The highest BCUT2D eigenvalue weighted by atomic mass is 35.5. The third-order valence-corrected chi connectivity index (χ3v) is 3.49. The summed E-state index contributed by atoms with van der Waals surface area (Å²) >= 11 is 7.46. The number of nitrogens with two attached hydrogens (primary N) is 1. The SMILES string of the molecule is Nc1ccc(SCc2ccc(F)cc2Cl)nc1. The third kappa shape index (κ3) is 3.35. The number of anilines is 1. The number of rotatable bonds is 3. The molecule has 1 aromatic carbocycles. The summed E-state index contributed by atoms with van der Waals surface area (Å²) in [4.78, 5) is 4.16. The van der Waals surface area contributed by atoms with E-state index >= 15 is 0 Å². The van der Waals surface area contributed by atoms with Gasteiger partial charge >= 0.3 is 0 Å². The van der Waals surface area contributed by atoms with E-state index in [2.05, 4.69) is 4.98 Å². The van der Waals surface area contributed by atoms with Gasteiger partial charge in [-0.2, -0.15) is 0 Å². The molecule has 0 spiro atoms. The second-order valence-corrected chi connectivity index (χ2v) is 4.86. The predicted molar refractivity (Wildman–Crippen MR) is 69.6 cm³/mol. The molecule has 5 heteroatoms. The molecule has 88 valence electrons. The highest BCUT2D eigenvalue weighted by Gasteiger charge is 2.03. The van der Waals surface area contributed by atoms with Crippen LogP contribution in [0.25, 0.3) is 0 Å². The van der Waals surface area contributed by atoms with Crippen molar-refractivity contribution in [3.05, 3.63) is 52.9 Å². The molecule has 17 heavy (non-hydrogen) atoms. The Hall–Kier alpha value is -1.26. The van der Waals surface area contributed by atoms with E-state index < -0.39 is 0 Å². The van der Waals surface area contributed by atoms with Gasteiger partial charge in [0.25, 0.3) is 0 Å². The van der Waals surface area contributed by atoms with Crippen LogP contribution in [0.5, 0.6) is 0 Å². The Morgan fingerprint density at radius 1 is 1.29 bits per heavy atom. The maximum absolute atomic E-state index is 12.8. The average Bonchev–Trinajstić information content (AvgIpc) is 2.30. The number of hydrogen-bond donors (Lipinski definition) is 1. The number of hydrogen-bond acceptors (Lipinski definition) is 3. The van der Waals surface area contributed by atoms with Gasteiger partial charge in [0.2, 0.25) is 0 Å². The average molecular weight is 269 g/mol. The predicted octanol–water partition coefficient (Wildman–Crippen LogP) is 3.75. The fraction of sp³-hybridized carbons (Fsp3) is 0.0833. The van der Waals surface area contributed by atoms with Crippen LogP contribution in [0.4, 0.5) is 10.1 Å². The normalized spacial score (nSPS) is 10.5. The molecular formula is C12H10ClFN2S. The topological polar surface area (TPSA) is 38.9 Å². The van der Waals surface area contributed by atoms with Gasteiger partial charge in [0.05, 0.1) is 16.9 Å². The molecule has 0 saturated carbocycles. The molecule has 0 aliphatic rings. The summed E-state index contributed by atoms with van der Waals surface area (Å²) in [5.41, 5.74) is 7.06. The molecule has 0 radical (unpaired) electrons. The van der Waals surface area contributed by atoms with Gasteiger partial charge in [0.1, 0.15) is 5.82 Å². The van der Waals surface area contributed by atoms with Crippen LogP contribution in [-0.4, -0.2) is 4.98 Å². The maximum Gasteiger partial charge on any atom is 0.124 e. The standard InChI is InChI=1S/C12H10ClFN2S/c13-11-5-9(14)2-1-8(11)7-17-12-4-3-10(15)6-16-12/h1-6H,7,15H2. The van der Waals surface area contributed by atoms with Crippen molar-refractivity contribution in [2.75, 3.05) is 5.73 Å². The van der Waals surface area contributed by atoms with Crippen LogP contribution in [-0.2, 0) is 5.75 Å². The van der Waals surface area contributed by atoms with E-state index in [-0.39, 0.29) is 5.82 Å². The lowest BCUT2D eigenvalue weighted by Gasteiger charge is -2.04. The van der Waals surface area contributed by atoms with Gasteiger partial charge in [-0.1, -0.05) is 17.7 Å². The fourth-order valence-electron chi connectivity index (χ4n) is 1.27. The van der Waals surface area contributed by atoms with Gasteiger partial charge < -0.3 is 5.73 Å². The molecule has 0 unspecified atom stereocenters. The molecular weight excluding hydrogens is 259 g/mol. The Balaban J connectivity index is 2.04. The number of thioether (sulfide) groups is 1. The van der Waals surface area contributed by atoms with Crippen LogP contribution in [0.2, 0.25) is 5.02 Å². The molecule has 2 N–H and O–H groups in total. The summed E-state index contributed by atoms with van der Waals surface area (Å²) < 4.78 is 12.8. The van der Waals surface area contributed by atoms with Crippen molar-refractivity contribution >= 4 is 29.1 Å². The summed E-state index contributed by atoms with van der Waals surface area (Å²) in [6, 6.07) is 8.03. The number of nitrogens with zero attached hydrogens (tertiary/aromatic N) is 1. The highest BCUT2D eigenvalue weighted by Crippen LogP contribution is 2.26. The lowest BCUT2D eigenvalue weighted by atomic mass is 10.2. The van der Waals surface area contributed by atoms with Crippen LogP contribution < -0.4 is 5.73 Å². The van der Waals surface area contributed by atoms with E-state index in [1.54, 1.807) is 18.3 Å². The molecule has 2 aromatic rings. The number of pyridine rings is 1. The molecule has 0 saturated heterocycles. The molecule has 1 aromatic heterocycles. The summed E-state index contributed by atoms with van der Waals surface area (Å²) in [5, 5.41) is 1.30. The minimum absolute atomic E-state index is 0.325. The smallest absolute Gasteiger partial charge is 0.124 e. The molecule has 1 heterocycles. The van der Waals surface area contributed by atoms with E-state index in [9.17, 15) is 4.39 Å². The largest absolute Gasteiger partial charge is 0.397 e. The van der Waals surface area contributed by atoms with Gasteiger partial charge in [-0.05, 0) is 29.8 Å². The Morgan fingerprint density at radius 3 is 2.76 bits per heavy atom. The Kier molecular flexibility index (Phi) is 3.86. The quantitative estimate of drug-likeness (QED) is 0.862.